The van der Waals surface area contributed by atoms with Crippen LogP contribution in [0.4, 0.5) is 10.5 Å². The van der Waals surface area contributed by atoms with E-state index in [-0.39, 0.29) is 11.9 Å². The van der Waals surface area contributed by atoms with Crippen molar-refractivity contribution in [1.29, 1.82) is 0 Å². The lowest BCUT2D eigenvalue weighted by Crippen LogP contribution is -2.69. The topological polar surface area (TPSA) is 49.4 Å². The fraction of sp³-hybridized carbons (Fsp3) is 0.467. The summed E-state index contributed by atoms with van der Waals surface area (Å²) in [4.78, 5) is 26.1. The first-order valence-corrected chi connectivity index (χ1v) is 6.40. The number of rotatable bonds is 1. The molecule has 1 aromatic rings. The van der Waals surface area contributed by atoms with Crippen molar-refractivity contribution < 1.29 is 9.59 Å². The van der Waals surface area contributed by atoms with Crippen LogP contribution in [0.3, 0.4) is 0 Å². The SMILES string of the molecule is Cc1cccc(N2C(=O)NC(C)(C)C(C)(C)C2=O)c1. The molecule has 1 N–H and O–H groups in total. The summed E-state index contributed by atoms with van der Waals surface area (Å²) >= 11 is 0. The number of nitrogens with one attached hydrogen (secondary N) is 1. The van der Waals surface area contributed by atoms with E-state index >= 15 is 0 Å². The van der Waals surface area contributed by atoms with Crippen molar-refractivity contribution in [3.63, 3.8) is 0 Å². The highest BCUT2D eigenvalue weighted by molar-refractivity contribution is 6.18. The Bertz CT molecular complexity index is 547. The van der Waals surface area contributed by atoms with Crippen LogP contribution >= 0.6 is 0 Å². The van der Waals surface area contributed by atoms with E-state index in [9.17, 15) is 9.59 Å². The Labute approximate surface area is 113 Å². The van der Waals surface area contributed by atoms with Gasteiger partial charge in [-0.15, -0.1) is 0 Å². The van der Waals surface area contributed by atoms with Gasteiger partial charge in [0.2, 0.25) is 5.91 Å². The first-order valence-electron chi connectivity index (χ1n) is 6.40. The molecular formula is C15H20N2O2. The average Bonchev–Trinajstić information content (AvgIpc) is 2.26. The molecule has 0 aliphatic carbocycles. The van der Waals surface area contributed by atoms with Crippen LogP contribution < -0.4 is 10.2 Å². The number of amides is 3. The van der Waals surface area contributed by atoms with Crippen LogP contribution in [0.5, 0.6) is 0 Å². The molecular weight excluding hydrogens is 240 g/mol. The molecule has 0 radical (unpaired) electrons. The molecule has 0 aromatic heterocycles. The third kappa shape index (κ3) is 2.01. The molecule has 1 heterocycles. The zero-order valence-electron chi connectivity index (χ0n) is 12.1. The second kappa shape index (κ2) is 4.08. The summed E-state index contributed by atoms with van der Waals surface area (Å²) in [6.45, 7) is 9.40. The number of anilines is 1. The van der Waals surface area contributed by atoms with Crippen molar-refractivity contribution in [2.75, 3.05) is 4.90 Å². The van der Waals surface area contributed by atoms with Crippen LogP contribution in [0, 0.1) is 12.3 Å². The van der Waals surface area contributed by atoms with Crippen molar-refractivity contribution in [3.8, 4) is 0 Å². The van der Waals surface area contributed by atoms with Crippen molar-refractivity contribution in [3.05, 3.63) is 29.8 Å². The Morgan fingerprint density at radius 2 is 1.74 bits per heavy atom. The lowest BCUT2D eigenvalue weighted by molar-refractivity contribution is -0.130. The quantitative estimate of drug-likeness (QED) is 0.844. The van der Waals surface area contributed by atoms with E-state index in [2.05, 4.69) is 5.32 Å². The molecule has 0 atom stereocenters. The van der Waals surface area contributed by atoms with Gasteiger partial charge in [0.1, 0.15) is 0 Å². The summed E-state index contributed by atoms with van der Waals surface area (Å²) in [7, 11) is 0. The summed E-state index contributed by atoms with van der Waals surface area (Å²) in [5, 5.41) is 2.91. The van der Waals surface area contributed by atoms with E-state index in [0.29, 0.717) is 5.69 Å². The summed E-state index contributed by atoms with van der Waals surface area (Å²) < 4.78 is 0. The normalized spacial score (nSPS) is 21.2. The van der Waals surface area contributed by atoms with Gasteiger partial charge in [-0.1, -0.05) is 12.1 Å². The van der Waals surface area contributed by atoms with Crippen LogP contribution in [0.15, 0.2) is 24.3 Å². The molecule has 0 spiro atoms. The molecule has 102 valence electrons. The van der Waals surface area contributed by atoms with Gasteiger partial charge in [-0.25, -0.2) is 9.69 Å². The largest absolute Gasteiger partial charge is 0.331 e. The second-order valence-electron chi connectivity index (χ2n) is 6.16. The number of carbonyl (C=O) groups is 2. The molecule has 0 bridgehead atoms. The first-order chi connectivity index (χ1) is 8.67. The summed E-state index contributed by atoms with van der Waals surface area (Å²) in [5.41, 5.74) is 0.401. The van der Waals surface area contributed by atoms with Crippen molar-refractivity contribution in [1.82, 2.24) is 5.32 Å². The minimum absolute atomic E-state index is 0.174. The number of hydrogen-bond donors (Lipinski definition) is 1. The minimum atomic E-state index is -0.662. The smallest absolute Gasteiger partial charge is 0.329 e. The van der Waals surface area contributed by atoms with Crippen molar-refractivity contribution in [2.24, 2.45) is 5.41 Å². The average molecular weight is 260 g/mol. The number of nitrogens with zero attached hydrogens (tertiary/aromatic N) is 1. The minimum Gasteiger partial charge on any atom is -0.331 e. The molecule has 1 aromatic carbocycles. The third-order valence-corrected chi connectivity index (χ3v) is 4.18. The molecule has 1 saturated heterocycles. The molecule has 19 heavy (non-hydrogen) atoms. The molecule has 0 saturated carbocycles. The fourth-order valence-electron chi connectivity index (χ4n) is 2.12. The van der Waals surface area contributed by atoms with Crippen molar-refractivity contribution in [2.45, 2.75) is 40.2 Å². The number of benzene rings is 1. The maximum atomic E-state index is 12.6. The molecule has 4 heteroatoms. The Morgan fingerprint density at radius 1 is 1.11 bits per heavy atom. The zero-order chi connectivity index (χ0) is 14.4. The van der Waals surface area contributed by atoms with Gasteiger partial charge >= 0.3 is 6.03 Å². The number of hydrogen-bond acceptors (Lipinski definition) is 2. The molecule has 1 aliphatic heterocycles. The lowest BCUT2D eigenvalue weighted by Gasteiger charge is -2.48. The van der Waals surface area contributed by atoms with Gasteiger partial charge in [-0.05, 0) is 52.3 Å². The highest BCUT2D eigenvalue weighted by Gasteiger charge is 2.52. The standard InChI is InChI=1S/C15H20N2O2/c1-10-7-6-8-11(9-10)17-12(18)14(2,3)15(4,5)16-13(17)19/h6-9H,1-5H3,(H,16,19). The third-order valence-electron chi connectivity index (χ3n) is 4.18. The van der Waals surface area contributed by atoms with Crippen molar-refractivity contribution >= 4 is 17.6 Å². The van der Waals surface area contributed by atoms with Gasteiger partial charge in [-0.3, -0.25) is 4.79 Å². The predicted octanol–water partition coefficient (Wildman–Crippen LogP) is 2.86. The van der Waals surface area contributed by atoms with Gasteiger partial charge in [0, 0.05) is 0 Å². The van der Waals surface area contributed by atoms with Gasteiger partial charge in [0.15, 0.2) is 0 Å². The van der Waals surface area contributed by atoms with E-state index in [4.69, 9.17) is 0 Å². The number of imide groups is 1. The van der Waals surface area contributed by atoms with E-state index in [1.165, 1.54) is 4.90 Å². The van der Waals surface area contributed by atoms with E-state index in [1.54, 1.807) is 6.07 Å². The van der Waals surface area contributed by atoms with Gasteiger partial charge in [-0.2, -0.15) is 0 Å². The second-order valence-corrected chi connectivity index (χ2v) is 6.16. The Balaban J connectivity index is 2.48. The Morgan fingerprint density at radius 3 is 2.32 bits per heavy atom. The molecule has 1 aliphatic rings. The number of aryl methyl sites for hydroxylation is 1. The first kappa shape index (κ1) is 13.6. The molecule has 2 rings (SSSR count). The fourth-order valence-corrected chi connectivity index (χ4v) is 2.12. The molecule has 1 fully saturated rings. The maximum Gasteiger partial charge on any atom is 0.329 e. The highest BCUT2D eigenvalue weighted by atomic mass is 16.2. The molecule has 4 nitrogen and oxygen atoms in total. The van der Waals surface area contributed by atoms with E-state index in [1.807, 2.05) is 52.8 Å². The van der Waals surface area contributed by atoms with Crippen LogP contribution in [-0.4, -0.2) is 17.5 Å². The zero-order valence-corrected chi connectivity index (χ0v) is 12.1. The number of urea groups is 1. The monoisotopic (exact) mass is 260 g/mol. The van der Waals surface area contributed by atoms with Crippen LogP contribution in [0.1, 0.15) is 33.3 Å². The Kier molecular flexibility index (Phi) is 2.92. The van der Waals surface area contributed by atoms with E-state index in [0.717, 1.165) is 5.56 Å². The van der Waals surface area contributed by atoms with Crippen LogP contribution in [0.2, 0.25) is 0 Å². The highest BCUT2D eigenvalue weighted by Crippen LogP contribution is 2.37. The van der Waals surface area contributed by atoms with Gasteiger partial charge in [0.05, 0.1) is 16.6 Å². The van der Waals surface area contributed by atoms with Crippen LogP contribution in [0.25, 0.3) is 0 Å². The van der Waals surface area contributed by atoms with Gasteiger partial charge in [0.25, 0.3) is 0 Å². The molecule has 0 unspecified atom stereocenters. The van der Waals surface area contributed by atoms with Gasteiger partial charge < -0.3 is 5.32 Å². The summed E-state index contributed by atoms with van der Waals surface area (Å²) in [6.07, 6.45) is 0. The predicted molar refractivity (Wildman–Crippen MR) is 75.1 cm³/mol. The summed E-state index contributed by atoms with van der Waals surface area (Å²) in [5.74, 6) is -0.174. The summed E-state index contributed by atoms with van der Waals surface area (Å²) in [6, 6.07) is 7.04. The van der Waals surface area contributed by atoms with E-state index < -0.39 is 11.0 Å². The lowest BCUT2D eigenvalue weighted by atomic mass is 9.72. The Hall–Kier alpha value is -1.84. The van der Waals surface area contributed by atoms with Crippen LogP contribution in [-0.2, 0) is 4.79 Å². The molecule has 3 amide bonds. The number of carbonyl (C=O) groups excluding carboxylic acids is 2. The maximum absolute atomic E-state index is 12.6.